The van der Waals surface area contributed by atoms with Gasteiger partial charge < -0.3 is 4.90 Å². The molecule has 0 spiro atoms. The van der Waals surface area contributed by atoms with Crippen LogP contribution in [0.25, 0.3) is 0 Å². The van der Waals surface area contributed by atoms with Crippen LogP contribution in [0.2, 0.25) is 0 Å². The molecule has 3 amide bonds. The third kappa shape index (κ3) is 4.50. The van der Waals surface area contributed by atoms with Crippen LogP contribution in [0.3, 0.4) is 0 Å². The van der Waals surface area contributed by atoms with Gasteiger partial charge in [-0.05, 0) is 44.4 Å². The Balaban J connectivity index is 1.42. The van der Waals surface area contributed by atoms with Gasteiger partial charge in [0.05, 0.1) is 22.9 Å². The zero-order valence-electron chi connectivity index (χ0n) is 18.1. The molecular weight excluding hydrogens is 437 g/mol. The maximum Gasteiger partial charge on any atom is 0.417 e. The molecule has 0 bridgehead atoms. The fourth-order valence-corrected chi connectivity index (χ4v) is 4.27. The van der Waals surface area contributed by atoms with E-state index in [4.69, 9.17) is 5.26 Å². The van der Waals surface area contributed by atoms with Crippen LogP contribution in [-0.4, -0.2) is 60.2 Å². The van der Waals surface area contributed by atoms with E-state index in [2.05, 4.69) is 4.90 Å². The highest BCUT2D eigenvalue weighted by Crippen LogP contribution is 2.37. The summed E-state index contributed by atoms with van der Waals surface area (Å²) >= 11 is 0. The summed E-state index contributed by atoms with van der Waals surface area (Å²) in [6.45, 7) is 4.58. The Morgan fingerprint density at radius 3 is 2.36 bits per heavy atom. The van der Waals surface area contributed by atoms with Crippen molar-refractivity contribution in [1.82, 2.24) is 9.80 Å². The summed E-state index contributed by atoms with van der Waals surface area (Å²) in [5.41, 5.74) is -1.49. The lowest BCUT2D eigenvalue weighted by atomic mass is 10.1. The Morgan fingerprint density at radius 2 is 1.79 bits per heavy atom. The van der Waals surface area contributed by atoms with Gasteiger partial charge in [0.15, 0.2) is 0 Å². The molecule has 0 unspecified atom stereocenters. The van der Waals surface area contributed by atoms with E-state index in [0.29, 0.717) is 38.8 Å². The van der Waals surface area contributed by atoms with Gasteiger partial charge in [0.2, 0.25) is 5.91 Å². The van der Waals surface area contributed by atoms with E-state index >= 15 is 0 Å². The van der Waals surface area contributed by atoms with Crippen molar-refractivity contribution in [2.45, 2.75) is 32.4 Å². The van der Waals surface area contributed by atoms with Gasteiger partial charge in [0.25, 0.3) is 11.8 Å². The number of carbonyl (C=O) groups excluding carboxylic acids is 3. The van der Waals surface area contributed by atoms with Crippen molar-refractivity contribution in [2.75, 3.05) is 37.6 Å². The van der Waals surface area contributed by atoms with Crippen LogP contribution in [0.4, 0.5) is 18.9 Å². The van der Waals surface area contributed by atoms with Gasteiger partial charge in [-0.15, -0.1) is 0 Å². The number of nitrogens with zero attached hydrogens (tertiary/aromatic N) is 4. The average molecular weight is 460 g/mol. The summed E-state index contributed by atoms with van der Waals surface area (Å²) in [4.78, 5) is 42.6. The number of rotatable bonds is 5. The standard InChI is InChI=1S/C23H23F3N4O3/c1-14-18(6-7-28-8-10-29(11-9-28)21(32)15-2-3-15)22(33)30(20(14)31)17-5-4-16(13-27)19(12-17)23(24,25)26/h4-5,12,15H,2-3,6-11H2,1H3. The van der Waals surface area contributed by atoms with Gasteiger partial charge >= 0.3 is 6.18 Å². The lowest BCUT2D eigenvalue weighted by Gasteiger charge is -2.35. The summed E-state index contributed by atoms with van der Waals surface area (Å²) < 4.78 is 40.0. The summed E-state index contributed by atoms with van der Waals surface area (Å²) in [6, 6.07) is 4.30. The molecule has 1 aromatic carbocycles. The minimum absolute atomic E-state index is 0.178. The van der Waals surface area contributed by atoms with Crippen LogP contribution in [0.5, 0.6) is 0 Å². The monoisotopic (exact) mass is 460 g/mol. The molecule has 2 aliphatic heterocycles. The molecule has 0 radical (unpaired) electrons. The Bertz CT molecular complexity index is 1080. The number of nitriles is 1. The molecule has 174 valence electrons. The third-order valence-corrected chi connectivity index (χ3v) is 6.41. The Hall–Kier alpha value is -3.19. The van der Waals surface area contributed by atoms with E-state index in [9.17, 15) is 27.6 Å². The highest BCUT2D eigenvalue weighted by Gasteiger charge is 2.40. The highest BCUT2D eigenvalue weighted by atomic mass is 19.4. The molecule has 10 heteroatoms. The van der Waals surface area contributed by atoms with Gasteiger partial charge in [-0.2, -0.15) is 18.4 Å². The average Bonchev–Trinajstić information content (AvgIpc) is 3.61. The maximum absolute atomic E-state index is 13.3. The first kappa shape index (κ1) is 23.0. The SMILES string of the molecule is CC1=C(CCN2CCN(C(=O)C3CC3)CC2)C(=O)N(c2ccc(C#N)c(C(F)(F)F)c2)C1=O. The van der Waals surface area contributed by atoms with Gasteiger partial charge in [0.1, 0.15) is 0 Å². The van der Waals surface area contributed by atoms with Crippen LogP contribution in [0.15, 0.2) is 29.3 Å². The van der Waals surface area contributed by atoms with Crippen LogP contribution >= 0.6 is 0 Å². The van der Waals surface area contributed by atoms with E-state index in [1.807, 2.05) is 4.90 Å². The molecule has 1 saturated carbocycles. The molecule has 2 fully saturated rings. The third-order valence-electron chi connectivity index (χ3n) is 6.41. The molecule has 0 atom stereocenters. The van der Waals surface area contributed by atoms with Crippen molar-refractivity contribution in [1.29, 1.82) is 5.26 Å². The normalized spacial score (nSPS) is 20.0. The zero-order valence-corrected chi connectivity index (χ0v) is 18.1. The second-order valence-electron chi connectivity index (χ2n) is 8.58. The van der Waals surface area contributed by atoms with Gasteiger partial charge in [-0.1, -0.05) is 0 Å². The van der Waals surface area contributed by atoms with Gasteiger partial charge in [0, 0.05) is 49.8 Å². The number of amides is 3. The minimum Gasteiger partial charge on any atom is -0.340 e. The molecule has 1 saturated heterocycles. The van der Waals surface area contributed by atoms with Crippen LogP contribution in [0.1, 0.15) is 37.3 Å². The zero-order chi connectivity index (χ0) is 23.9. The smallest absolute Gasteiger partial charge is 0.340 e. The first-order valence-corrected chi connectivity index (χ1v) is 10.8. The second kappa shape index (κ2) is 8.63. The lowest BCUT2D eigenvalue weighted by molar-refractivity contribution is -0.138. The Kier molecular flexibility index (Phi) is 6.01. The summed E-state index contributed by atoms with van der Waals surface area (Å²) in [6.07, 6.45) is -2.58. The number of hydrogen-bond donors (Lipinski definition) is 0. The van der Waals surface area contributed by atoms with Crippen LogP contribution in [0, 0.1) is 17.2 Å². The van der Waals surface area contributed by atoms with E-state index in [0.717, 1.165) is 23.8 Å². The minimum atomic E-state index is -4.79. The van der Waals surface area contributed by atoms with Crippen molar-refractivity contribution in [3.05, 3.63) is 40.5 Å². The number of piperazine rings is 1. The molecule has 33 heavy (non-hydrogen) atoms. The summed E-state index contributed by atoms with van der Waals surface area (Å²) in [5, 5.41) is 8.96. The van der Waals surface area contributed by atoms with E-state index in [1.165, 1.54) is 19.1 Å². The number of benzene rings is 1. The van der Waals surface area contributed by atoms with Crippen molar-refractivity contribution in [2.24, 2.45) is 5.92 Å². The predicted molar refractivity (Wildman–Crippen MR) is 112 cm³/mol. The number of halogens is 3. The van der Waals surface area contributed by atoms with Crippen molar-refractivity contribution < 1.29 is 27.6 Å². The van der Waals surface area contributed by atoms with Crippen LogP contribution in [-0.2, 0) is 20.6 Å². The highest BCUT2D eigenvalue weighted by molar-refractivity contribution is 6.32. The first-order chi connectivity index (χ1) is 15.6. The molecule has 0 N–H and O–H groups in total. The summed E-state index contributed by atoms with van der Waals surface area (Å²) in [5.74, 6) is -0.913. The number of hydrogen-bond acceptors (Lipinski definition) is 5. The molecule has 0 aromatic heterocycles. The van der Waals surface area contributed by atoms with Gasteiger partial charge in [-0.25, -0.2) is 4.90 Å². The molecule has 3 aliphatic rings. The Morgan fingerprint density at radius 1 is 1.12 bits per heavy atom. The van der Waals surface area contributed by atoms with Crippen LogP contribution < -0.4 is 4.90 Å². The van der Waals surface area contributed by atoms with Crippen molar-refractivity contribution in [3.63, 3.8) is 0 Å². The molecule has 1 aromatic rings. The fourth-order valence-electron chi connectivity index (χ4n) is 4.27. The second-order valence-corrected chi connectivity index (χ2v) is 8.58. The van der Waals surface area contributed by atoms with Crippen molar-refractivity contribution >= 4 is 23.4 Å². The fraction of sp³-hybridized carbons (Fsp3) is 0.478. The number of anilines is 1. The number of carbonyl (C=O) groups is 3. The lowest BCUT2D eigenvalue weighted by Crippen LogP contribution is -2.49. The van der Waals surface area contributed by atoms with E-state index in [-0.39, 0.29) is 35.1 Å². The quantitative estimate of drug-likeness (QED) is 0.631. The largest absolute Gasteiger partial charge is 0.417 e. The first-order valence-electron chi connectivity index (χ1n) is 10.8. The van der Waals surface area contributed by atoms with Gasteiger partial charge in [-0.3, -0.25) is 19.3 Å². The van der Waals surface area contributed by atoms with E-state index in [1.54, 1.807) is 0 Å². The number of alkyl halides is 3. The predicted octanol–water partition coefficient (Wildman–Crippen LogP) is 2.71. The summed E-state index contributed by atoms with van der Waals surface area (Å²) in [7, 11) is 0. The van der Waals surface area contributed by atoms with Crippen molar-refractivity contribution in [3.8, 4) is 6.07 Å². The molecule has 2 heterocycles. The maximum atomic E-state index is 13.3. The Labute approximate surface area is 189 Å². The molecule has 1 aliphatic carbocycles. The van der Waals surface area contributed by atoms with E-state index < -0.39 is 29.1 Å². The number of imide groups is 1. The topological polar surface area (TPSA) is 84.7 Å². The molecule has 4 rings (SSSR count). The molecule has 7 nitrogen and oxygen atoms in total. The molecular formula is C23H23F3N4O3.